The van der Waals surface area contributed by atoms with Crippen molar-refractivity contribution in [1.29, 1.82) is 0 Å². The number of rotatable bonds is 4. The van der Waals surface area contributed by atoms with Crippen LogP contribution in [0.1, 0.15) is 16.8 Å². The fourth-order valence-corrected chi connectivity index (χ4v) is 2.24. The smallest absolute Gasteiger partial charge is 0.372 e. The van der Waals surface area contributed by atoms with E-state index < -0.39 is 24.0 Å². The second-order valence-corrected chi connectivity index (χ2v) is 4.83. The van der Waals surface area contributed by atoms with E-state index in [0.717, 1.165) is 0 Å². The number of halogens is 2. The highest BCUT2D eigenvalue weighted by Crippen LogP contribution is 2.33. The molecule has 0 atom stereocenters. The van der Waals surface area contributed by atoms with Gasteiger partial charge < -0.3 is 10.2 Å². The maximum Gasteiger partial charge on any atom is 0.372 e. The quantitative estimate of drug-likeness (QED) is 0.484. The third-order valence-corrected chi connectivity index (χ3v) is 3.11. The van der Waals surface area contributed by atoms with Gasteiger partial charge in [0.25, 0.3) is 0 Å². The lowest BCUT2D eigenvalue weighted by Gasteiger charge is -2.04. The van der Waals surface area contributed by atoms with Crippen molar-refractivity contribution >= 4 is 49.4 Å². The molecule has 1 aromatic carbocycles. The van der Waals surface area contributed by atoms with E-state index in [0.29, 0.717) is 0 Å². The standard InChI is InChI=1S/C10H6Br2O5/c11-5-1-4(2-6(12)9(5)15)7(13)3-8(14)10(16)17/h1-2,15H,3H2,(H,16,17). The van der Waals surface area contributed by atoms with Crippen LogP contribution in [0, 0.1) is 0 Å². The van der Waals surface area contributed by atoms with Crippen LogP contribution in [0.25, 0.3) is 0 Å². The molecule has 0 aliphatic rings. The number of hydrogen-bond donors (Lipinski definition) is 2. The monoisotopic (exact) mass is 364 g/mol. The van der Waals surface area contributed by atoms with Gasteiger partial charge in [0.05, 0.1) is 15.4 Å². The Morgan fingerprint density at radius 2 is 1.59 bits per heavy atom. The van der Waals surface area contributed by atoms with E-state index in [9.17, 15) is 19.5 Å². The van der Waals surface area contributed by atoms with E-state index in [-0.39, 0.29) is 20.3 Å². The number of aromatic hydroxyl groups is 1. The van der Waals surface area contributed by atoms with Crippen molar-refractivity contribution in [1.82, 2.24) is 0 Å². The third-order valence-electron chi connectivity index (χ3n) is 1.90. The van der Waals surface area contributed by atoms with E-state index in [1.54, 1.807) is 0 Å². The molecule has 0 radical (unpaired) electrons. The number of carboxylic acid groups (broad SMARTS) is 1. The highest BCUT2D eigenvalue weighted by atomic mass is 79.9. The number of aliphatic carboxylic acids is 1. The molecule has 90 valence electrons. The van der Waals surface area contributed by atoms with Gasteiger partial charge in [0, 0.05) is 5.56 Å². The minimum Gasteiger partial charge on any atom is -0.506 e. The molecule has 5 nitrogen and oxygen atoms in total. The van der Waals surface area contributed by atoms with Crippen LogP contribution < -0.4 is 0 Å². The third kappa shape index (κ3) is 3.37. The molecule has 2 N–H and O–H groups in total. The predicted octanol–water partition coefficient (Wildman–Crippen LogP) is 2.14. The summed E-state index contributed by atoms with van der Waals surface area (Å²) < 4.78 is 0.552. The van der Waals surface area contributed by atoms with Crippen molar-refractivity contribution < 1.29 is 24.6 Å². The topological polar surface area (TPSA) is 91.7 Å². The molecule has 1 rings (SSSR count). The minimum atomic E-state index is -1.64. The summed E-state index contributed by atoms with van der Waals surface area (Å²) in [5.41, 5.74) is 0.135. The number of phenolic OH excluding ortho intramolecular Hbond substituents is 1. The minimum absolute atomic E-state index is 0.0777. The van der Waals surface area contributed by atoms with E-state index in [4.69, 9.17) is 5.11 Å². The molecule has 0 spiro atoms. The van der Waals surface area contributed by atoms with Gasteiger partial charge >= 0.3 is 5.97 Å². The Morgan fingerprint density at radius 1 is 1.12 bits per heavy atom. The zero-order valence-corrected chi connectivity index (χ0v) is 11.4. The second-order valence-electron chi connectivity index (χ2n) is 3.12. The summed E-state index contributed by atoms with van der Waals surface area (Å²) in [6, 6.07) is 2.63. The van der Waals surface area contributed by atoms with E-state index >= 15 is 0 Å². The van der Waals surface area contributed by atoms with Crippen LogP contribution in [0.3, 0.4) is 0 Å². The average molecular weight is 366 g/mol. The molecule has 17 heavy (non-hydrogen) atoms. The Hall–Kier alpha value is -1.21. The maximum absolute atomic E-state index is 11.6. The number of ketones is 2. The average Bonchev–Trinajstić information content (AvgIpc) is 2.24. The Morgan fingerprint density at radius 3 is 2.00 bits per heavy atom. The first-order valence-corrected chi connectivity index (χ1v) is 5.89. The van der Waals surface area contributed by atoms with Crippen molar-refractivity contribution in [2.45, 2.75) is 6.42 Å². The summed E-state index contributed by atoms with van der Waals surface area (Å²) in [7, 11) is 0. The predicted molar refractivity (Wildman–Crippen MR) is 65.1 cm³/mol. The number of carboxylic acids is 1. The first-order chi connectivity index (χ1) is 7.82. The van der Waals surface area contributed by atoms with Gasteiger partial charge in [0.15, 0.2) is 5.78 Å². The van der Waals surface area contributed by atoms with Crippen LogP contribution in [0.5, 0.6) is 5.75 Å². The van der Waals surface area contributed by atoms with Crippen molar-refractivity contribution in [2.24, 2.45) is 0 Å². The van der Waals surface area contributed by atoms with Gasteiger partial charge in [0.1, 0.15) is 5.75 Å². The molecule has 0 aromatic heterocycles. The highest BCUT2D eigenvalue weighted by molar-refractivity contribution is 9.11. The summed E-state index contributed by atoms with van der Waals surface area (Å²) in [4.78, 5) is 32.7. The summed E-state index contributed by atoms with van der Waals surface area (Å²) in [6.45, 7) is 0. The fraction of sp³-hybridized carbons (Fsp3) is 0.100. The van der Waals surface area contributed by atoms with Gasteiger partial charge in [-0.15, -0.1) is 0 Å². The first-order valence-electron chi connectivity index (χ1n) is 4.30. The van der Waals surface area contributed by atoms with Crippen LogP contribution >= 0.6 is 31.9 Å². The van der Waals surface area contributed by atoms with Crippen molar-refractivity contribution in [3.63, 3.8) is 0 Å². The van der Waals surface area contributed by atoms with E-state index in [2.05, 4.69) is 31.9 Å². The number of carbonyl (C=O) groups is 3. The number of benzene rings is 1. The van der Waals surface area contributed by atoms with E-state index in [1.807, 2.05) is 0 Å². The van der Waals surface area contributed by atoms with Gasteiger partial charge in [0.2, 0.25) is 5.78 Å². The molecule has 0 bridgehead atoms. The molecule has 0 fully saturated rings. The zero-order valence-electron chi connectivity index (χ0n) is 8.24. The molecule has 0 saturated carbocycles. The molecule has 0 saturated heterocycles. The zero-order chi connectivity index (χ0) is 13.2. The lowest BCUT2D eigenvalue weighted by atomic mass is 10.1. The summed E-state index contributed by atoms with van der Waals surface area (Å²) in [5.74, 6) is -3.52. The van der Waals surface area contributed by atoms with Crippen LogP contribution in [-0.2, 0) is 9.59 Å². The lowest BCUT2D eigenvalue weighted by molar-refractivity contribution is -0.148. The van der Waals surface area contributed by atoms with Crippen LogP contribution in [-0.4, -0.2) is 27.7 Å². The summed E-state index contributed by atoms with van der Waals surface area (Å²) in [5, 5.41) is 17.8. The molecule has 0 aliphatic heterocycles. The number of Topliss-reactive ketones (excluding diaryl/α,β-unsaturated/α-hetero) is 2. The normalized spacial score (nSPS) is 10.0. The van der Waals surface area contributed by atoms with Gasteiger partial charge in [-0.05, 0) is 44.0 Å². The first kappa shape index (κ1) is 13.9. The van der Waals surface area contributed by atoms with Crippen LogP contribution in [0.15, 0.2) is 21.1 Å². The Labute approximate surface area is 113 Å². The number of carbonyl (C=O) groups excluding carboxylic acids is 2. The van der Waals surface area contributed by atoms with Crippen molar-refractivity contribution in [3.05, 3.63) is 26.6 Å². The molecule has 0 aliphatic carbocycles. The second kappa shape index (κ2) is 5.42. The molecule has 0 amide bonds. The van der Waals surface area contributed by atoms with Crippen molar-refractivity contribution in [2.75, 3.05) is 0 Å². The van der Waals surface area contributed by atoms with Crippen LogP contribution in [0.2, 0.25) is 0 Å². The fourth-order valence-electron chi connectivity index (χ4n) is 1.05. The summed E-state index contributed by atoms with van der Waals surface area (Å²) >= 11 is 6.05. The maximum atomic E-state index is 11.6. The van der Waals surface area contributed by atoms with Gasteiger partial charge in [-0.1, -0.05) is 0 Å². The lowest BCUT2D eigenvalue weighted by Crippen LogP contribution is -2.17. The Balaban J connectivity index is 2.98. The Bertz CT molecular complexity index is 486. The molecular weight excluding hydrogens is 360 g/mol. The van der Waals surface area contributed by atoms with Gasteiger partial charge in [-0.3, -0.25) is 9.59 Å². The van der Waals surface area contributed by atoms with Gasteiger partial charge in [-0.2, -0.15) is 0 Å². The van der Waals surface area contributed by atoms with E-state index in [1.165, 1.54) is 12.1 Å². The number of hydrogen-bond acceptors (Lipinski definition) is 4. The molecule has 0 heterocycles. The summed E-state index contributed by atoms with van der Waals surface area (Å²) in [6.07, 6.45) is -0.709. The highest BCUT2D eigenvalue weighted by Gasteiger charge is 2.19. The number of phenols is 1. The van der Waals surface area contributed by atoms with Gasteiger partial charge in [-0.25, -0.2) is 4.79 Å². The molecular formula is C10H6Br2O5. The molecule has 7 heteroatoms. The largest absolute Gasteiger partial charge is 0.506 e. The Kier molecular flexibility index (Phi) is 4.41. The molecule has 0 unspecified atom stereocenters. The molecule has 1 aromatic rings. The SMILES string of the molecule is O=C(O)C(=O)CC(=O)c1cc(Br)c(O)c(Br)c1. The van der Waals surface area contributed by atoms with Crippen molar-refractivity contribution in [3.8, 4) is 5.75 Å². The van der Waals surface area contributed by atoms with Crippen LogP contribution in [0.4, 0.5) is 0 Å².